The normalized spacial score (nSPS) is 12.8. The minimum Gasteiger partial charge on any atom is -0.480 e. The van der Waals surface area contributed by atoms with Crippen LogP contribution in [0.3, 0.4) is 0 Å². The molecule has 0 fully saturated rings. The molecular weight excluding hydrogens is 210 g/mol. The number of thiophene rings is 1. The number of hydrogen-bond donors (Lipinski definition) is 2. The molecule has 0 unspecified atom stereocenters. The van der Waals surface area contributed by atoms with Crippen LogP contribution in [0, 0.1) is 0 Å². The van der Waals surface area contributed by atoms with Gasteiger partial charge in [-0.15, -0.1) is 11.3 Å². The predicted molar refractivity (Wildman–Crippen MR) is 53.3 cm³/mol. The first-order valence-corrected chi connectivity index (χ1v) is 4.99. The molecule has 0 aliphatic rings. The minimum absolute atomic E-state index is 0.527. The fourth-order valence-electron chi connectivity index (χ4n) is 0.788. The lowest BCUT2D eigenvalue weighted by molar-refractivity contribution is -0.139. The second kappa shape index (κ2) is 4.60. The summed E-state index contributed by atoms with van der Waals surface area (Å²) >= 11 is 7.16. The molecule has 0 amide bonds. The highest BCUT2D eigenvalue weighted by atomic mass is 35.5. The van der Waals surface area contributed by atoms with Crippen LogP contribution in [0.25, 0.3) is 0 Å². The van der Waals surface area contributed by atoms with Gasteiger partial charge < -0.3 is 5.11 Å². The van der Waals surface area contributed by atoms with E-state index in [1.165, 1.54) is 11.3 Å². The molecule has 1 aromatic heterocycles. The third-order valence-electron chi connectivity index (χ3n) is 1.58. The lowest BCUT2D eigenvalue weighted by Gasteiger charge is -2.06. The van der Waals surface area contributed by atoms with Crippen LogP contribution in [-0.4, -0.2) is 17.1 Å². The molecule has 1 rings (SSSR count). The van der Waals surface area contributed by atoms with E-state index in [0.717, 1.165) is 9.21 Å². The zero-order valence-electron chi connectivity index (χ0n) is 7.08. The van der Waals surface area contributed by atoms with Gasteiger partial charge in [0.1, 0.15) is 6.04 Å². The third kappa shape index (κ3) is 3.34. The first kappa shape index (κ1) is 10.5. The van der Waals surface area contributed by atoms with Crippen LogP contribution in [0.4, 0.5) is 0 Å². The Balaban J connectivity index is 2.39. The molecule has 0 radical (unpaired) electrons. The highest BCUT2D eigenvalue weighted by Crippen LogP contribution is 2.20. The zero-order valence-corrected chi connectivity index (χ0v) is 8.65. The monoisotopic (exact) mass is 219 g/mol. The van der Waals surface area contributed by atoms with Crippen LogP contribution in [0.1, 0.15) is 11.8 Å². The molecule has 1 heterocycles. The second-order valence-electron chi connectivity index (χ2n) is 2.65. The Kier molecular flexibility index (Phi) is 3.71. The van der Waals surface area contributed by atoms with Crippen molar-refractivity contribution in [2.45, 2.75) is 19.5 Å². The van der Waals surface area contributed by atoms with Crippen LogP contribution >= 0.6 is 22.9 Å². The van der Waals surface area contributed by atoms with E-state index in [2.05, 4.69) is 5.32 Å². The van der Waals surface area contributed by atoms with E-state index in [0.29, 0.717) is 6.54 Å². The van der Waals surface area contributed by atoms with Gasteiger partial charge in [-0.1, -0.05) is 11.6 Å². The van der Waals surface area contributed by atoms with Crippen LogP contribution < -0.4 is 5.32 Å². The summed E-state index contributed by atoms with van der Waals surface area (Å²) < 4.78 is 0.722. The molecule has 1 atom stereocenters. The summed E-state index contributed by atoms with van der Waals surface area (Å²) in [5.74, 6) is -0.845. The zero-order chi connectivity index (χ0) is 9.84. The molecule has 0 saturated heterocycles. The number of carboxylic acids is 1. The van der Waals surface area contributed by atoms with Crippen LogP contribution in [-0.2, 0) is 11.3 Å². The van der Waals surface area contributed by atoms with Crippen LogP contribution in [0.2, 0.25) is 4.34 Å². The van der Waals surface area contributed by atoms with Gasteiger partial charge in [0.05, 0.1) is 4.34 Å². The highest BCUT2D eigenvalue weighted by molar-refractivity contribution is 7.16. The Morgan fingerprint density at radius 2 is 2.46 bits per heavy atom. The Morgan fingerprint density at radius 3 is 2.92 bits per heavy atom. The Labute approximate surface area is 85.3 Å². The number of rotatable bonds is 4. The molecule has 0 aromatic carbocycles. The number of carboxylic acid groups (broad SMARTS) is 1. The molecule has 72 valence electrons. The summed E-state index contributed by atoms with van der Waals surface area (Å²) in [6.07, 6.45) is 0. The summed E-state index contributed by atoms with van der Waals surface area (Å²) in [5, 5.41) is 11.4. The summed E-state index contributed by atoms with van der Waals surface area (Å²) in [5.41, 5.74) is 0. The van der Waals surface area contributed by atoms with Crippen molar-refractivity contribution in [2.75, 3.05) is 0 Å². The van der Waals surface area contributed by atoms with Gasteiger partial charge in [-0.2, -0.15) is 0 Å². The first-order valence-electron chi connectivity index (χ1n) is 3.80. The summed E-state index contributed by atoms with van der Waals surface area (Å²) in [7, 11) is 0. The van der Waals surface area contributed by atoms with Crippen molar-refractivity contribution in [1.82, 2.24) is 5.32 Å². The fraction of sp³-hybridized carbons (Fsp3) is 0.375. The largest absolute Gasteiger partial charge is 0.480 e. The molecule has 5 heteroatoms. The van der Waals surface area contributed by atoms with Crippen molar-refractivity contribution >= 4 is 28.9 Å². The SMILES string of the molecule is C[C@H](NCc1ccc(Cl)s1)C(=O)O. The summed E-state index contributed by atoms with van der Waals surface area (Å²) in [4.78, 5) is 11.5. The smallest absolute Gasteiger partial charge is 0.320 e. The standard InChI is InChI=1S/C8H10ClNO2S/c1-5(8(11)12)10-4-6-2-3-7(9)13-6/h2-3,5,10H,4H2,1H3,(H,11,12)/t5-/m0/s1. The van der Waals surface area contributed by atoms with Gasteiger partial charge >= 0.3 is 5.97 Å². The molecule has 2 N–H and O–H groups in total. The Morgan fingerprint density at radius 1 is 1.77 bits per heavy atom. The van der Waals surface area contributed by atoms with Crippen LogP contribution in [0.5, 0.6) is 0 Å². The van der Waals surface area contributed by atoms with Crippen molar-refractivity contribution in [3.8, 4) is 0 Å². The maximum Gasteiger partial charge on any atom is 0.320 e. The van der Waals surface area contributed by atoms with Crippen molar-refractivity contribution in [1.29, 1.82) is 0 Å². The maximum atomic E-state index is 10.4. The quantitative estimate of drug-likeness (QED) is 0.814. The van der Waals surface area contributed by atoms with Gasteiger partial charge in [0.25, 0.3) is 0 Å². The molecule has 13 heavy (non-hydrogen) atoms. The molecule has 0 aliphatic heterocycles. The topological polar surface area (TPSA) is 49.3 Å². The summed E-state index contributed by atoms with van der Waals surface area (Å²) in [6.45, 7) is 2.16. The number of hydrogen-bond acceptors (Lipinski definition) is 3. The van der Waals surface area contributed by atoms with E-state index in [9.17, 15) is 4.79 Å². The third-order valence-corrected chi connectivity index (χ3v) is 2.81. The Bertz CT molecular complexity index is 300. The number of halogens is 1. The number of carbonyl (C=O) groups is 1. The van der Waals surface area contributed by atoms with E-state index in [4.69, 9.17) is 16.7 Å². The molecular formula is C8H10ClNO2S. The van der Waals surface area contributed by atoms with Crippen LogP contribution in [0.15, 0.2) is 12.1 Å². The van der Waals surface area contributed by atoms with Gasteiger partial charge in [-0.25, -0.2) is 0 Å². The average molecular weight is 220 g/mol. The summed E-state index contributed by atoms with van der Waals surface area (Å²) in [6, 6.07) is 3.16. The van der Waals surface area contributed by atoms with E-state index in [-0.39, 0.29) is 0 Å². The van der Waals surface area contributed by atoms with Gasteiger partial charge in [-0.05, 0) is 19.1 Å². The number of aliphatic carboxylic acids is 1. The first-order chi connectivity index (χ1) is 6.09. The molecule has 3 nitrogen and oxygen atoms in total. The van der Waals surface area contributed by atoms with Gasteiger partial charge in [0.2, 0.25) is 0 Å². The van der Waals surface area contributed by atoms with Gasteiger partial charge in [-0.3, -0.25) is 10.1 Å². The molecule has 0 spiro atoms. The van der Waals surface area contributed by atoms with Gasteiger partial charge in [0.15, 0.2) is 0 Å². The van der Waals surface area contributed by atoms with E-state index in [1.54, 1.807) is 13.0 Å². The van der Waals surface area contributed by atoms with E-state index >= 15 is 0 Å². The fourth-order valence-corrected chi connectivity index (χ4v) is 1.83. The maximum absolute atomic E-state index is 10.4. The van der Waals surface area contributed by atoms with Gasteiger partial charge in [0, 0.05) is 11.4 Å². The van der Waals surface area contributed by atoms with E-state index in [1.807, 2.05) is 6.07 Å². The van der Waals surface area contributed by atoms with Crippen molar-refractivity contribution in [3.63, 3.8) is 0 Å². The molecule has 0 aliphatic carbocycles. The van der Waals surface area contributed by atoms with Crippen molar-refractivity contribution in [2.24, 2.45) is 0 Å². The van der Waals surface area contributed by atoms with E-state index < -0.39 is 12.0 Å². The van der Waals surface area contributed by atoms with Crippen molar-refractivity contribution in [3.05, 3.63) is 21.3 Å². The number of nitrogens with one attached hydrogen (secondary N) is 1. The highest BCUT2D eigenvalue weighted by Gasteiger charge is 2.09. The Hall–Kier alpha value is -0.580. The average Bonchev–Trinajstić information content (AvgIpc) is 2.47. The predicted octanol–water partition coefficient (Wildman–Crippen LogP) is 1.96. The lowest BCUT2D eigenvalue weighted by atomic mass is 10.3. The second-order valence-corrected chi connectivity index (χ2v) is 4.45. The molecule has 1 aromatic rings. The van der Waals surface area contributed by atoms with Crippen molar-refractivity contribution < 1.29 is 9.90 Å². The molecule has 0 saturated carbocycles. The molecule has 0 bridgehead atoms. The minimum atomic E-state index is -0.845. The lowest BCUT2D eigenvalue weighted by Crippen LogP contribution is -2.32.